The fraction of sp³-hybridized carbons (Fsp3) is 0.286. The van der Waals surface area contributed by atoms with Crippen molar-refractivity contribution in [3.05, 3.63) is 30.3 Å². The summed E-state index contributed by atoms with van der Waals surface area (Å²) in [6.07, 6.45) is 0.382. The Morgan fingerprint density at radius 2 is 2.00 bits per heavy atom. The predicted molar refractivity (Wildman–Crippen MR) is 75.5 cm³/mol. The van der Waals surface area contributed by atoms with E-state index in [1.54, 1.807) is 24.3 Å². The molecule has 0 saturated heterocycles. The summed E-state index contributed by atoms with van der Waals surface area (Å²) in [4.78, 5) is 34.9. The molecule has 0 saturated carbocycles. The van der Waals surface area contributed by atoms with Crippen molar-refractivity contribution in [3.8, 4) is 0 Å². The molecule has 1 aliphatic heterocycles. The zero-order chi connectivity index (χ0) is 15.2. The van der Waals surface area contributed by atoms with Gasteiger partial charge in [-0.3, -0.25) is 14.4 Å². The van der Waals surface area contributed by atoms with Gasteiger partial charge in [0.2, 0.25) is 5.91 Å². The highest BCUT2D eigenvalue weighted by Gasteiger charge is 2.26. The molecule has 110 valence electrons. The summed E-state index contributed by atoms with van der Waals surface area (Å²) in [7, 11) is 1.23. The first-order valence-corrected chi connectivity index (χ1v) is 6.41. The van der Waals surface area contributed by atoms with Crippen molar-refractivity contribution in [1.82, 2.24) is 5.01 Å². The van der Waals surface area contributed by atoms with Gasteiger partial charge in [-0.05, 0) is 12.1 Å². The van der Waals surface area contributed by atoms with Crippen LogP contribution in [0, 0.1) is 0 Å². The minimum atomic E-state index is -0.586. The number of amides is 2. The summed E-state index contributed by atoms with van der Waals surface area (Å²) in [5.74, 6) is -1.28. The summed E-state index contributed by atoms with van der Waals surface area (Å²) in [6, 6.07) is 8.93. The number of benzene rings is 1. The molecular formula is C14H15N3O4. The van der Waals surface area contributed by atoms with Gasteiger partial charge < -0.3 is 10.1 Å². The van der Waals surface area contributed by atoms with Gasteiger partial charge in [0.25, 0.3) is 5.91 Å². The van der Waals surface area contributed by atoms with Crippen molar-refractivity contribution in [2.24, 2.45) is 5.10 Å². The van der Waals surface area contributed by atoms with Crippen molar-refractivity contribution in [3.63, 3.8) is 0 Å². The highest BCUT2D eigenvalue weighted by Crippen LogP contribution is 2.12. The highest BCUT2D eigenvalue weighted by atomic mass is 16.5. The second-order valence-corrected chi connectivity index (χ2v) is 4.39. The number of hydrogen-bond acceptors (Lipinski definition) is 5. The van der Waals surface area contributed by atoms with E-state index in [0.29, 0.717) is 5.69 Å². The lowest BCUT2D eigenvalue weighted by Gasteiger charge is -2.22. The molecule has 21 heavy (non-hydrogen) atoms. The molecule has 7 heteroatoms. The molecule has 1 heterocycles. The number of rotatable bonds is 4. The number of ether oxygens (including phenoxy) is 1. The molecule has 0 aromatic heterocycles. The molecule has 1 aliphatic rings. The van der Waals surface area contributed by atoms with Crippen LogP contribution in [0.15, 0.2) is 35.4 Å². The minimum absolute atomic E-state index is 0.137. The topological polar surface area (TPSA) is 88.1 Å². The van der Waals surface area contributed by atoms with Gasteiger partial charge in [-0.25, -0.2) is 5.01 Å². The lowest BCUT2D eigenvalue weighted by Crippen LogP contribution is -2.39. The molecule has 0 bridgehead atoms. The average Bonchev–Trinajstić information content (AvgIpc) is 2.50. The molecule has 0 fully saturated rings. The van der Waals surface area contributed by atoms with Crippen LogP contribution < -0.4 is 5.32 Å². The maximum Gasteiger partial charge on any atom is 0.327 e. The summed E-state index contributed by atoms with van der Waals surface area (Å²) < 4.78 is 4.49. The minimum Gasteiger partial charge on any atom is -0.468 e. The number of nitrogens with one attached hydrogen (secondary N) is 1. The van der Waals surface area contributed by atoms with Crippen LogP contribution in [-0.2, 0) is 19.1 Å². The van der Waals surface area contributed by atoms with Gasteiger partial charge in [-0.15, -0.1) is 0 Å². The van der Waals surface area contributed by atoms with Gasteiger partial charge in [0.1, 0.15) is 12.3 Å². The predicted octanol–water partition coefficient (Wildman–Crippen LogP) is 0.776. The molecule has 7 nitrogen and oxygen atoms in total. The van der Waals surface area contributed by atoms with Gasteiger partial charge in [-0.1, -0.05) is 18.2 Å². The van der Waals surface area contributed by atoms with E-state index in [4.69, 9.17) is 0 Å². The summed E-state index contributed by atoms with van der Waals surface area (Å²) in [6.45, 7) is -0.294. The third-order valence-corrected chi connectivity index (χ3v) is 2.91. The number of anilines is 1. The number of hydrazone groups is 1. The first-order chi connectivity index (χ1) is 10.1. The average molecular weight is 289 g/mol. The number of hydrogen-bond donors (Lipinski definition) is 1. The Hall–Kier alpha value is -2.70. The SMILES string of the molecule is COC(=O)CN1N=C(C(=O)Nc2ccccc2)CCC1=O. The smallest absolute Gasteiger partial charge is 0.327 e. The molecule has 0 aliphatic carbocycles. The summed E-state index contributed by atoms with van der Waals surface area (Å²) in [5.41, 5.74) is 0.851. The number of methoxy groups -OCH3 is 1. The van der Waals surface area contributed by atoms with Crippen LogP contribution in [0.2, 0.25) is 0 Å². The van der Waals surface area contributed by atoms with E-state index in [0.717, 1.165) is 5.01 Å². The van der Waals surface area contributed by atoms with Crippen LogP contribution >= 0.6 is 0 Å². The Bertz CT molecular complexity index is 583. The fourth-order valence-corrected chi connectivity index (χ4v) is 1.80. The second kappa shape index (κ2) is 6.65. The number of carbonyl (C=O) groups excluding carboxylic acids is 3. The van der Waals surface area contributed by atoms with Crippen LogP contribution in [0.1, 0.15) is 12.8 Å². The van der Waals surface area contributed by atoms with E-state index < -0.39 is 5.97 Å². The fourth-order valence-electron chi connectivity index (χ4n) is 1.80. The van der Waals surface area contributed by atoms with E-state index in [-0.39, 0.29) is 36.9 Å². The highest BCUT2D eigenvalue weighted by molar-refractivity contribution is 6.43. The van der Waals surface area contributed by atoms with Crippen molar-refractivity contribution < 1.29 is 19.1 Å². The Balaban J connectivity index is 2.07. The van der Waals surface area contributed by atoms with Crippen molar-refractivity contribution in [1.29, 1.82) is 0 Å². The molecule has 2 rings (SSSR count). The maximum absolute atomic E-state index is 12.1. The van der Waals surface area contributed by atoms with Crippen molar-refractivity contribution in [2.75, 3.05) is 19.0 Å². The van der Waals surface area contributed by atoms with Gasteiger partial charge >= 0.3 is 5.97 Å². The quantitative estimate of drug-likeness (QED) is 0.829. The molecule has 0 unspecified atom stereocenters. The first-order valence-electron chi connectivity index (χ1n) is 6.41. The van der Waals surface area contributed by atoms with Gasteiger partial charge in [0.15, 0.2) is 0 Å². The number of nitrogens with zero attached hydrogens (tertiary/aromatic N) is 2. The zero-order valence-corrected chi connectivity index (χ0v) is 11.5. The molecular weight excluding hydrogens is 274 g/mol. The largest absolute Gasteiger partial charge is 0.468 e. The molecule has 0 atom stereocenters. The third kappa shape index (κ3) is 3.88. The first kappa shape index (κ1) is 14.7. The van der Waals surface area contributed by atoms with Crippen LogP contribution in [0.25, 0.3) is 0 Å². The lowest BCUT2D eigenvalue weighted by atomic mass is 10.1. The van der Waals surface area contributed by atoms with Crippen molar-refractivity contribution >= 4 is 29.2 Å². The van der Waals surface area contributed by atoms with E-state index in [1.807, 2.05) is 6.07 Å². The monoisotopic (exact) mass is 289 g/mol. The standard InChI is InChI=1S/C14H15N3O4/c1-21-13(19)9-17-12(18)8-7-11(16-17)14(20)15-10-5-3-2-4-6-10/h2-6H,7-9H2,1H3,(H,15,20). The Kier molecular flexibility index (Phi) is 4.65. The second-order valence-electron chi connectivity index (χ2n) is 4.39. The Morgan fingerprint density at radius 3 is 2.67 bits per heavy atom. The normalized spacial score (nSPS) is 14.4. The summed E-state index contributed by atoms with van der Waals surface area (Å²) >= 11 is 0. The summed E-state index contributed by atoms with van der Waals surface area (Å²) in [5, 5.41) is 7.59. The molecule has 2 amide bonds. The Labute approximate surface area is 121 Å². The van der Waals surface area contributed by atoms with Gasteiger partial charge in [0.05, 0.1) is 7.11 Å². The van der Waals surface area contributed by atoms with E-state index in [9.17, 15) is 14.4 Å². The van der Waals surface area contributed by atoms with Crippen LogP contribution in [0.3, 0.4) is 0 Å². The Morgan fingerprint density at radius 1 is 1.29 bits per heavy atom. The molecule has 1 N–H and O–H groups in total. The molecule has 0 radical (unpaired) electrons. The number of carbonyl (C=O) groups is 3. The third-order valence-electron chi connectivity index (χ3n) is 2.91. The van der Waals surface area contributed by atoms with E-state index in [2.05, 4.69) is 15.2 Å². The van der Waals surface area contributed by atoms with E-state index in [1.165, 1.54) is 7.11 Å². The molecule has 0 spiro atoms. The van der Waals surface area contributed by atoms with Crippen LogP contribution in [-0.4, -0.2) is 42.2 Å². The lowest BCUT2D eigenvalue weighted by molar-refractivity contribution is -0.147. The molecule has 1 aromatic carbocycles. The van der Waals surface area contributed by atoms with Gasteiger partial charge in [0, 0.05) is 18.5 Å². The van der Waals surface area contributed by atoms with Crippen molar-refractivity contribution in [2.45, 2.75) is 12.8 Å². The number of esters is 1. The van der Waals surface area contributed by atoms with Crippen LogP contribution in [0.4, 0.5) is 5.69 Å². The maximum atomic E-state index is 12.1. The molecule has 1 aromatic rings. The number of para-hydroxylation sites is 1. The zero-order valence-electron chi connectivity index (χ0n) is 11.5. The van der Waals surface area contributed by atoms with E-state index >= 15 is 0 Å². The van der Waals surface area contributed by atoms with Crippen LogP contribution in [0.5, 0.6) is 0 Å². The van der Waals surface area contributed by atoms with Gasteiger partial charge in [-0.2, -0.15) is 5.10 Å².